The van der Waals surface area contributed by atoms with E-state index in [0.29, 0.717) is 0 Å². The second-order valence-electron chi connectivity index (χ2n) is 26.7. The number of fused-ring (bicyclic) bond motifs is 14. The number of aryl methyl sites for hydroxylation is 3. The van der Waals surface area contributed by atoms with Crippen LogP contribution >= 0.6 is 0 Å². The molecule has 0 saturated carbocycles. The summed E-state index contributed by atoms with van der Waals surface area (Å²) < 4.78 is 9.59. The van der Waals surface area contributed by atoms with Crippen molar-refractivity contribution in [3.8, 4) is 67.3 Å². The van der Waals surface area contributed by atoms with Crippen LogP contribution in [0.2, 0.25) is 0 Å². The number of para-hydroxylation sites is 4. The Balaban J connectivity index is 0.000000138. The van der Waals surface area contributed by atoms with E-state index < -0.39 is 0 Å². The van der Waals surface area contributed by atoms with Gasteiger partial charge in [0, 0.05) is 65.8 Å². The Morgan fingerprint density at radius 3 is 0.758 bits per heavy atom. The van der Waals surface area contributed by atoms with Gasteiger partial charge in [-0.2, -0.15) is 0 Å². The van der Waals surface area contributed by atoms with Crippen LogP contribution in [0.15, 0.2) is 346 Å². The smallest absolute Gasteiger partial charge is 0.0541 e. The van der Waals surface area contributed by atoms with E-state index in [1.165, 1.54) is 193 Å². The van der Waals surface area contributed by atoms with E-state index in [0.717, 1.165) is 0 Å². The van der Waals surface area contributed by atoms with E-state index in [4.69, 9.17) is 0 Å². The first-order valence-electron chi connectivity index (χ1n) is 34.3. The molecular weight excluding hydrogens is 1200 g/mol. The molecule has 4 heterocycles. The fraction of sp³-hybridized carbons (Fsp3) is 0.0316. The van der Waals surface area contributed by atoms with Gasteiger partial charge in [0.05, 0.1) is 44.1 Å². The Bertz CT molecular complexity index is 6590. The van der Waals surface area contributed by atoms with Gasteiger partial charge in [0.2, 0.25) is 0 Å². The van der Waals surface area contributed by atoms with Gasteiger partial charge in [-0.25, -0.2) is 0 Å². The first-order chi connectivity index (χ1) is 48.8. The van der Waals surface area contributed by atoms with Crippen LogP contribution in [-0.4, -0.2) is 18.3 Å². The van der Waals surface area contributed by atoms with Gasteiger partial charge in [0.15, 0.2) is 0 Å². The molecule has 466 valence electrons. The number of benzene rings is 16. The zero-order valence-corrected chi connectivity index (χ0v) is 55.2. The van der Waals surface area contributed by atoms with Crippen LogP contribution in [0.5, 0.6) is 0 Å². The van der Waals surface area contributed by atoms with Crippen LogP contribution in [0.1, 0.15) is 16.7 Å². The molecular formula is C95H66N4. The summed E-state index contributed by atoms with van der Waals surface area (Å²) in [5, 5.41) is 15.2. The van der Waals surface area contributed by atoms with E-state index in [1.54, 1.807) is 0 Å². The van der Waals surface area contributed by atoms with E-state index in [-0.39, 0.29) is 0 Å². The molecule has 0 spiro atoms. The van der Waals surface area contributed by atoms with Crippen molar-refractivity contribution in [3.63, 3.8) is 0 Å². The summed E-state index contributed by atoms with van der Waals surface area (Å²) in [6.45, 7) is 6.49. The van der Waals surface area contributed by atoms with Crippen molar-refractivity contribution in [2.24, 2.45) is 0 Å². The van der Waals surface area contributed by atoms with Crippen molar-refractivity contribution in [3.05, 3.63) is 362 Å². The number of hydrogen-bond donors (Lipinski definition) is 0. The predicted molar refractivity (Wildman–Crippen MR) is 421 cm³/mol. The lowest BCUT2D eigenvalue weighted by molar-refractivity contribution is 1.16. The minimum atomic E-state index is 1.18. The van der Waals surface area contributed by atoms with Crippen molar-refractivity contribution in [1.29, 1.82) is 0 Å². The number of hydrogen-bond acceptors (Lipinski definition) is 0. The number of rotatable bonds is 8. The van der Waals surface area contributed by atoms with Crippen LogP contribution < -0.4 is 0 Å². The minimum Gasteiger partial charge on any atom is -0.309 e. The predicted octanol–water partition coefficient (Wildman–Crippen LogP) is 25.7. The molecule has 20 rings (SSSR count). The zero-order chi connectivity index (χ0) is 65.8. The molecule has 16 aromatic carbocycles. The van der Waals surface area contributed by atoms with Crippen LogP contribution in [0.3, 0.4) is 0 Å². The van der Waals surface area contributed by atoms with Crippen LogP contribution in [0.25, 0.3) is 176 Å². The van der Waals surface area contributed by atoms with Crippen LogP contribution in [-0.2, 0) is 0 Å². The molecule has 20 aromatic rings. The van der Waals surface area contributed by atoms with Gasteiger partial charge in [-0.1, -0.05) is 230 Å². The molecule has 99 heavy (non-hydrogen) atoms. The fourth-order valence-electron chi connectivity index (χ4n) is 15.8. The molecule has 0 aliphatic rings. The largest absolute Gasteiger partial charge is 0.309 e. The van der Waals surface area contributed by atoms with Crippen LogP contribution in [0.4, 0.5) is 0 Å². The van der Waals surface area contributed by atoms with E-state index in [1.807, 2.05) is 0 Å². The molecule has 0 aliphatic carbocycles. The number of aromatic nitrogens is 4. The fourth-order valence-corrected chi connectivity index (χ4v) is 15.8. The molecule has 0 radical (unpaired) electrons. The standard InChI is InChI=1S/C48H34N2.C47H32N2/c1-31-25-32(2)27-40(26-31)50-46-14-8-6-12-42(46)44-30-38(21-24-48(44)50)35-17-15-34(16-18-35)37-20-23-47-43(29-37)41-11-5-7-13-45(41)49(47)39-22-19-33-9-3-4-10-36(33)28-39;1-31-14-23-38(24-15-31)48-44-12-6-4-10-40(44)42-29-36(21-26-46(42)48)33-16-18-34(19-17-33)37-22-27-47-43(30-37)41-11-5-7-13-45(41)49(47)39-25-20-32-8-2-3-9-35(32)28-39/h3-30H,1-2H3;2-30H,1H3. The van der Waals surface area contributed by atoms with Crippen molar-refractivity contribution in [2.75, 3.05) is 0 Å². The molecule has 4 nitrogen and oxygen atoms in total. The van der Waals surface area contributed by atoms with Crippen LogP contribution in [0, 0.1) is 20.8 Å². The topological polar surface area (TPSA) is 19.7 Å². The molecule has 0 amide bonds. The van der Waals surface area contributed by atoms with E-state index in [2.05, 4.69) is 385 Å². The van der Waals surface area contributed by atoms with Gasteiger partial charge in [0.25, 0.3) is 0 Å². The summed E-state index contributed by atoms with van der Waals surface area (Å²) in [5.74, 6) is 0. The SMILES string of the molecule is Cc1cc(C)cc(-n2c3ccccc3c3cc(-c4ccc(-c5ccc6c(c5)c5ccccc5n6-c5ccc6ccccc6c5)cc4)ccc32)c1.Cc1ccc(-n2c3ccccc3c3cc(-c4ccc(-c5ccc6c(c5)c5ccccc5n6-c5ccc6ccccc6c5)cc4)ccc32)cc1. The summed E-state index contributed by atoms with van der Waals surface area (Å²) in [5.41, 5.74) is 28.1. The molecule has 4 heteroatoms. The van der Waals surface area contributed by atoms with Gasteiger partial charge < -0.3 is 18.3 Å². The molecule has 0 N–H and O–H groups in total. The molecule has 0 aliphatic heterocycles. The first kappa shape index (κ1) is 57.7. The molecule has 0 saturated heterocycles. The molecule has 0 fully saturated rings. The van der Waals surface area contributed by atoms with Crippen molar-refractivity contribution in [2.45, 2.75) is 20.8 Å². The summed E-state index contributed by atoms with van der Waals surface area (Å²) in [6.07, 6.45) is 0. The maximum absolute atomic E-state index is 2.41. The summed E-state index contributed by atoms with van der Waals surface area (Å²) in [4.78, 5) is 0. The third-order valence-electron chi connectivity index (χ3n) is 20.5. The molecule has 0 unspecified atom stereocenters. The van der Waals surface area contributed by atoms with Crippen molar-refractivity contribution < 1.29 is 0 Å². The lowest BCUT2D eigenvalue weighted by Crippen LogP contribution is -1.95. The lowest BCUT2D eigenvalue weighted by atomic mass is 9.98. The monoisotopic (exact) mass is 1260 g/mol. The highest BCUT2D eigenvalue weighted by Gasteiger charge is 2.19. The average molecular weight is 1260 g/mol. The summed E-state index contributed by atoms with van der Waals surface area (Å²) >= 11 is 0. The zero-order valence-electron chi connectivity index (χ0n) is 55.2. The Morgan fingerprint density at radius 2 is 0.414 bits per heavy atom. The third kappa shape index (κ3) is 9.82. The van der Waals surface area contributed by atoms with Gasteiger partial charge in [-0.05, 0) is 219 Å². The highest BCUT2D eigenvalue weighted by atomic mass is 15.0. The summed E-state index contributed by atoms with van der Waals surface area (Å²) in [6, 6.07) is 127. The molecule has 4 aromatic heterocycles. The minimum absolute atomic E-state index is 1.18. The van der Waals surface area contributed by atoms with Crippen molar-refractivity contribution >= 4 is 109 Å². The second-order valence-corrected chi connectivity index (χ2v) is 26.7. The maximum Gasteiger partial charge on any atom is 0.0541 e. The molecule has 0 bridgehead atoms. The van der Waals surface area contributed by atoms with Gasteiger partial charge in [-0.15, -0.1) is 0 Å². The van der Waals surface area contributed by atoms with Gasteiger partial charge in [0.1, 0.15) is 0 Å². The van der Waals surface area contributed by atoms with Crippen molar-refractivity contribution in [1.82, 2.24) is 18.3 Å². The Kier molecular flexibility index (Phi) is 13.6. The first-order valence-corrected chi connectivity index (χ1v) is 34.3. The average Bonchev–Trinajstić information content (AvgIpc) is 1.62. The lowest BCUT2D eigenvalue weighted by Gasteiger charge is -2.11. The maximum atomic E-state index is 2.41. The third-order valence-corrected chi connectivity index (χ3v) is 20.5. The van der Waals surface area contributed by atoms with E-state index in [9.17, 15) is 0 Å². The Morgan fingerprint density at radius 1 is 0.152 bits per heavy atom. The quantitative estimate of drug-likeness (QED) is 0.144. The molecule has 0 atom stereocenters. The second kappa shape index (κ2) is 23.3. The van der Waals surface area contributed by atoms with Gasteiger partial charge >= 0.3 is 0 Å². The Hall–Kier alpha value is -12.8. The normalized spacial score (nSPS) is 11.8. The number of nitrogens with zero attached hydrogens (tertiary/aromatic N) is 4. The van der Waals surface area contributed by atoms with E-state index >= 15 is 0 Å². The van der Waals surface area contributed by atoms with Gasteiger partial charge in [-0.3, -0.25) is 0 Å². The highest BCUT2D eigenvalue weighted by molar-refractivity contribution is 6.14. The summed E-state index contributed by atoms with van der Waals surface area (Å²) in [7, 11) is 0. The Labute approximate surface area is 574 Å². The highest BCUT2D eigenvalue weighted by Crippen LogP contribution is 2.42.